The van der Waals surface area contributed by atoms with Crippen molar-refractivity contribution in [2.75, 3.05) is 11.3 Å². The first-order valence-corrected chi connectivity index (χ1v) is 8.67. The number of hydrogen-bond acceptors (Lipinski definition) is 4. The van der Waals surface area contributed by atoms with E-state index < -0.39 is 15.5 Å². The number of alkyl halides is 3. The molecule has 0 amide bonds. The van der Waals surface area contributed by atoms with Crippen molar-refractivity contribution in [3.8, 4) is 0 Å². The first-order chi connectivity index (χ1) is 10.6. The molecule has 0 unspecified atom stereocenters. The van der Waals surface area contributed by atoms with Crippen molar-refractivity contribution >= 4 is 49.0 Å². The van der Waals surface area contributed by atoms with Crippen LogP contribution < -0.4 is 4.72 Å². The fourth-order valence-electron chi connectivity index (χ4n) is 1.37. The summed E-state index contributed by atoms with van der Waals surface area (Å²) in [7, 11) is -5.56. The van der Waals surface area contributed by atoms with Crippen molar-refractivity contribution in [1.82, 2.24) is 0 Å². The number of anilines is 1. The van der Waals surface area contributed by atoms with Crippen LogP contribution in [-0.4, -0.2) is 26.2 Å². The molecule has 0 heterocycles. The minimum absolute atomic E-state index is 0.0631. The largest absolute Gasteiger partial charge is 0.516 e. The highest BCUT2D eigenvalue weighted by Crippen LogP contribution is 2.28. The summed E-state index contributed by atoms with van der Waals surface area (Å²) >= 11 is 8.82. The highest BCUT2D eigenvalue weighted by atomic mass is 79.9. The van der Waals surface area contributed by atoms with Gasteiger partial charge in [0.05, 0.1) is 11.4 Å². The molecular weight excluding hydrogens is 425 g/mol. The van der Waals surface area contributed by atoms with Crippen LogP contribution in [0.3, 0.4) is 0 Å². The van der Waals surface area contributed by atoms with E-state index in [1.807, 2.05) is 0 Å². The monoisotopic (exact) mass is 434 g/mol. The van der Waals surface area contributed by atoms with Crippen molar-refractivity contribution in [2.24, 2.45) is 5.16 Å². The third-order valence-electron chi connectivity index (χ3n) is 2.38. The highest BCUT2D eigenvalue weighted by molar-refractivity contribution is 9.11. The zero-order chi connectivity index (χ0) is 17.7. The van der Waals surface area contributed by atoms with Gasteiger partial charge in [-0.2, -0.15) is 21.6 Å². The molecule has 0 aliphatic rings. The van der Waals surface area contributed by atoms with Crippen LogP contribution in [0.4, 0.5) is 18.9 Å². The van der Waals surface area contributed by atoms with E-state index in [1.165, 1.54) is 23.8 Å². The van der Waals surface area contributed by atoms with Gasteiger partial charge in [-0.1, -0.05) is 32.7 Å². The fourth-order valence-corrected chi connectivity index (χ4v) is 2.28. The SMILES string of the molecule is CC(=NOCC=CBr)c1cc(Cl)ccc1NS(=O)(=O)C(F)(F)F. The van der Waals surface area contributed by atoms with Gasteiger partial charge < -0.3 is 4.84 Å². The Labute approximate surface area is 144 Å². The van der Waals surface area contributed by atoms with Crippen molar-refractivity contribution < 1.29 is 26.4 Å². The smallest absolute Gasteiger partial charge is 0.391 e. The summed E-state index contributed by atoms with van der Waals surface area (Å²) in [5.74, 6) is 0. The number of nitrogens with one attached hydrogen (secondary N) is 1. The maximum Gasteiger partial charge on any atom is 0.516 e. The van der Waals surface area contributed by atoms with Crippen LogP contribution in [0.1, 0.15) is 12.5 Å². The van der Waals surface area contributed by atoms with Crippen LogP contribution in [0.25, 0.3) is 0 Å². The second kappa shape index (κ2) is 8.02. The minimum atomic E-state index is -5.56. The topological polar surface area (TPSA) is 67.8 Å². The average molecular weight is 436 g/mol. The van der Waals surface area contributed by atoms with E-state index in [0.717, 1.165) is 6.07 Å². The van der Waals surface area contributed by atoms with E-state index in [1.54, 1.807) is 11.1 Å². The van der Waals surface area contributed by atoms with Gasteiger partial charge in [0.15, 0.2) is 0 Å². The molecule has 1 aromatic carbocycles. The Morgan fingerprint density at radius 3 is 2.70 bits per heavy atom. The quantitative estimate of drug-likeness (QED) is 0.413. The molecule has 0 fully saturated rings. The normalized spacial score (nSPS) is 13.4. The van der Waals surface area contributed by atoms with Crippen LogP contribution in [0.15, 0.2) is 34.4 Å². The van der Waals surface area contributed by atoms with E-state index in [9.17, 15) is 21.6 Å². The molecule has 11 heteroatoms. The fraction of sp³-hybridized carbons (Fsp3) is 0.250. The van der Waals surface area contributed by atoms with E-state index >= 15 is 0 Å². The molecule has 1 rings (SSSR count). The lowest BCUT2D eigenvalue weighted by Crippen LogP contribution is -2.30. The molecule has 0 atom stereocenters. The summed E-state index contributed by atoms with van der Waals surface area (Å²) in [6, 6.07) is 3.64. The molecule has 0 saturated heterocycles. The van der Waals surface area contributed by atoms with Gasteiger partial charge in [0, 0.05) is 10.6 Å². The average Bonchev–Trinajstić information content (AvgIpc) is 2.44. The summed E-state index contributed by atoms with van der Waals surface area (Å²) in [4.78, 5) is 6.45. The Bertz CT molecular complexity index is 721. The lowest BCUT2D eigenvalue weighted by molar-refractivity contribution is -0.0429. The van der Waals surface area contributed by atoms with Gasteiger partial charge in [-0.05, 0) is 36.2 Å². The number of oxime groups is 1. The zero-order valence-electron chi connectivity index (χ0n) is 11.6. The Morgan fingerprint density at radius 2 is 2.13 bits per heavy atom. The summed E-state index contributed by atoms with van der Waals surface area (Å²) in [6.07, 6.45) is 1.59. The molecule has 0 saturated carbocycles. The van der Waals surface area contributed by atoms with Gasteiger partial charge in [0.2, 0.25) is 0 Å². The van der Waals surface area contributed by atoms with E-state index in [-0.39, 0.29) is 28.6 Å². The van der Waals surface area contributed by atoms with E-state index in [2.05, 4.69) is 21.1 Å². The van der Waals surface area contributed by atoms with Crippen molar-refractivity contribution in [1.29, 1.82) is 0 Å². The van der Waals surface area contributed by atoms with E-state index in [4.69, 9.17) is 16.4 Å². The molecule has 0 aromatic heterocycles. The molecule has 0 radical (unpaired) electrons. The molecule has 0 bridgehead atoms. The van der Waals surface area contributed by atoms with Gasteiger partial charge in [-0.15, -0.1) is 0 Å². The van der Waals surface area contributed by atoms with Crippen molar-refractivity contribution in [2.45, 2.75) is 12.4 Å². The number of hydrogen-bond donors (Lipinski definition) is 1. The molecular formula is C12H11BrClF3N2O3S. The summed E-state index contributed by atoms with van der Waals surface area (Å²) in [5, 5.41) is 3.89. The van der Waals surface area contributed by atoms with Crippen LogP contribution in [0, 0.1) is 0 Å². The number of nitrogens with zero attached hydrogens (tertiary/aromatic N) is 1. The minimum Gasteiger partial charge on any atom is -0.391 e. The van der Waals surface area contributed by atoms with Crippen molar-refractivity contribution in [3.63, 3.8) is 0 Å². The predicted octanol–water partition coefficient (Wildman–Crippen LogP) is 4.25. The molecule has 0 aliphatic carbocycles. The standard InChI is InChI=1S/C12H11BrClF3N2O3S/c1-8(18-22-6-2-5-13)10-7-9(14)3-4-11(10)19-23(20,21)12(15,16)17/h2-5,7,19H,6H2,1H3. The maximum atomic E-state index is 12.5. The first kappa shape index (κ1) is 19.8. The third kappa shape index (κ3) is 5.70. The van der Waals surface area contributed by atoms with E-state index in [0.29, 0.717) is 0 Å². The van der Waals surface area contributed by atoms with Crippen LogP contribution in [0.2, 0.25) is 5.02 Å². The third-order valence-corrected chi connectivity index (χ3v) is 4.09. The van der Waals surface area contributed by atoms with Crippen LogP contribution in [0.5, 0.6) is 0 Å². The van der Waals surface area contributed by atoms with Gasteiger partial charge in [-0.3, -0.25) is 4.72 Å². The molecule has 128 valence electrons. The van der Waals surface area contributed by atoms with Crippen LogP contribution >= 0.6 is 27.5 Å². The number of sulfonamides is 1. The lowest BCUT2D eigenvalue weighted by atomic mass is 10.1. The predicted molar refractivity (Wildman–Crippen MR) is 86.3 cm³/mol. The number of halogens is 5. The number of rotatable bonds is 6. The molecule has 5 nitrogen and oxygen atoms in total. The maximum absolute atomic E-state index is 12.5. The summed E-state index contributed by atoms with van der Waals surface area (Å²) in [6.45, 7) is 1.56. The Kier molecular flexibility index (Phi) is 6.90. The Morgan fingerprint density at radius 1 is 1.48 bits per heavy atom. The van der Waals surface area contributed by atoms with Crippen LogP contribution in [-0.2, 0) is 14.9 Å². The van der Waals surface area contributed by atoms with Gasteiger partial charge >= 0.3 is 15.5 Å². The van der Waals surface area contributed by atoms with Gasteiger partial charge in [0.25, 0.3) is 0 Å². The zero-order valence-corrected chi connectivity index (χ0v) is 14.7. The molecule has 23 heavy (non-hydrogen) atoms. The summed E-state index contributed by atoms with van der Waals surface area (Å²) < 4.78 is 61.3. The lowest BCUT2D eigenvalue weighted by Gasteiger charge is -2.14. The number of benzene rings is 1. The molecule has 1 N–H and O–H groups in total. The molecule has 1 aromatic rings. The highest BCUT2D eigenvalue weighted by Gasteiger charge is 2.46. The molecule has 0 spiro atoms. The second-order valence-electron chi connectivity index (χ2n) is 4.08. The molecule has 0 aliphatic heterocycles. The van der Waals surface area contributed by atoms with Crippen molar-refractivity contribution in [3.05, 3.63) is 39.8 Å². The Balaban J connectivity index is 3.16. The first-order valence-electron chi connectivity index (χ1n) is 5.89. The van der Waals surface area contributed by atoms with Gasteiger partial charge in [-0.25, -0.2) is 0 Å². The van der Waals surface area contributed by atoms with Gasteiger partial charge in [0.1, 0.15) is 6.61 Å². The second-order valence-corrected chi connectivity index (χ2v) is 6.71. The summed E-state index contributed by atoms with van der Waals surface area (Å²) in [5.41, 5.74) is -5.54. The Hall–Kier alpha value is -1.26.